The SMILES string of the molecule is Cc1sc2c(c1C)C(c1ccc(Cl)cc1)=N[C@@H](CC(=O)NC1CCCC1)c1nnc(C)n1-2. The van der Waals surface area contributed by atoms with Crippen LogP contribution in [0.4, 0.5) is 0 Å². The smallest absolute Gasteiger partial charge is 0.222 e. The summed E-state index contributed by atoms with van der Waals surface area (Å²) >= 11 is 7.88. The molecule has 3 aromatic rings. The van der Waals surface area contributed by atoms with Crippen molar-refractivity contribution in [3.63, 3.8) is 0 Å². The Morgan fingerprint density at radius 3 is 2.59 bits per heavy atom. The molecule has 1 N–H and O–H groups in total. The van der Waals surface area contributed by atoms with E-state index in [1.54, 1.807) is 11.3 Å². The molecule has 1 fully saturated rings. The van der Waals surface area contributed by atoms with Gasteiger partial charge in [-0.1, -0.05) is 36.6 Å². The third-order valence-corrected chi connectivity index (χ3v) is 7.90. The summed E-state index contributed by atoms with van der Waals surface area (Å²) in [5.41, 5.74) is 4.13. The van der Waals surface area contributed by atoms with Gasteiger partial charge in [0.15, 0.2) is 5.82 Å². The number of halogens is 1. The number of thiophene rings is 1. The lowest BCUT2D eigenvalue weighted by Gasteiger charge is -2.16. The lowest BCUT2D eigenvalue weighted by atomic mass is 9.99. The number of aromatic nitrogens is 3. The number of benzene rings is 1. The van der Waals surface area contributed by atoms with E-state index < -0.39 is 6.04 Å². The Balaban J connectivity index is 1.62. The van der Waals surface area contributed by atoms with E-state index in [1.165, 1.54) is 23.3 Å². The van der Waals surface area contributed by atoms with Gasteiger partial charge in [-0.25, -0.2) is 0 Å². The molecule has 2 aromatic heterocycles. The number of hydrogen-bond donors (Lipinski definition) is 1. The van der Waals surface area contributed by atoms with Crippen LogP contribution in [0.15, 0.2) is 29.3 Å². The third-order valence-electron chi connectivity index (χ3n) is 6.46. The van der Waals surface area contributed by atoms with Gasteiger partial charge in [0.25, 0.3) is 0 Å². The minimum absolute atomic E-state index is 0.0199. The van der Waals surface area contributed by atoms with Gasteiger partial charge in [0.2, 0.25) is 5.91 Å². The highest BCUT2D eigenvalue weighted by atomic mass is 35.5. The number of rotatable bonds is 4. The number of aliphatic imine (C=N–C) groups is 1. The average Bonchev–Trinajstić information content (AvgIpc) is 3.45. The monoisotopic (exact) mass is 467 g/mol. The highest BCUT2D eigenvalue weighted by Gasteiger charge is 2.32. The first-order valence-corrected chi connectivity index (χ1v) is 12.3. The van der Waals surface area contributed by atoms with Crippen molar-refractivity contribution >= 4 is 34.6 Å². The number of hydrogen-bond acceptors (Lipinski definition) is 5. The van der Waals surface area contributed by atoms with Crippen LogP contribution in [0.2, 0.25) is 5.02 Å². The maximum absolute atomic E-state index is 13.0. The lowest BCUT2D eigenvalue weighted by Crippen LogP contribution is -2.33. The zero-order chi connectivity index (χ0) is 22.4. The average molecular weight is 468 g/mol. The van der Waals surface area contributed by atoms with Gasteiger partial charge >= 0.3 is 0 Å². The van der Waals surface area contributed by atoms with E-state index in [0.29, 0.717) is 5.02 Å². The second-order valence-corrected chi connectivity index (χ2v) is 10.3. The minimum atomic E-state index is -0.414. The third kappa shape index (κ3) is 3.77. The van der Waals surface area contributed by atoms with Gasteiger partial charge in [0.1, 0.15) is 16.9 Å². The van der Waals surface area contributed by atoms with Crippen LogP contribution in [0.5, 0.6) is 0 Å². The van der Waals surface area contributed by atoms with E-state index in [0.717, 1.165) is 46.3 Å². The van der Waals surface area contributed by atoms with E-state index in [2.05, 4.69) is 33.9 Å². The Kier molecular flexibility index (Phi) is 5.63. The fraction of sp³-hybridized carbons (Fsp3) is 0.417. The van der Waals surface area contributed by atoms with Crippen LogP contribution in [0.1, 0.15) is 71.4 Å². The molecule has 2 aliphatic rings. The van der Waals surface area contributed by atoms with E-state index >= 15 is 0 Å². The van der Waals surface area contributed by atoms with Gasteiger partial charge in [-0.2, -0.15) is 0 Å². The molecule has 1 aromatic carbocycles. The minimum Gasteiger partial charge on any atom is -0.353 e. The summed E-state index contributed by atoms with van der Waals surface area (Å²) in [7, 11) is 0. The molecule has 0 spiro atoms. The summed E-state index contributed by atoms with van der Waals surface area (Å²) in [6.45, 7) is 6.20. The van der Waals surface area contributed by atoms with Crippen LogP contribution >= 0.6 is 22.9 Å². The molecular weight excluding hydrogens is 442 g/mol. The standard InChI is InChI=1S/C24H26ClN5OS/c1-13-14(2)32-24-21(13)22(16-8-10-17(25)11-9-16)27-19(23-29-28-15(3)30(23)24)12-20(31)26-18-6-4-5-7-18/h8-11,18-19H,4-7,12H2,1-3H3,(H,26,31)/t19-/m0/s1. The van der Waals surface area contributed by atoms with Crippen molar-refractivity contribution < 1.29 is 4.79 Å². The van der Waals surface area contributed by atoms with E-state index in [4.69, 9.17) is 16.6 Å². The summed E-state index contributed by atoms with van der Waals surface area (Å²) in [6.07, 6.45) is 4.72. The number of fused-ring (bicyclic) bond motifs is 3. The van der Waals surface area contributed by atoms with Crippen molar-refractivity contribution in [2.75, 3.05) is 0 Å². The van der Waals surface area contributed by atoms with Gasteiger partial charge in [0, 0.05) is 27.1 Å². The zero-order valence-electron chi connectivity index (χ0n) is 18.5. The number of carbonyl (C=O) groups is 1. The van der Waals surface area contributed by atoms with Crippen molar-refractivity contribution in [2.45, 2.75) is 65.0 Å². The quantitative estimate of drug-likeness (QED) is 0.569. The Morgan fingerprint density at radius 2 is 1.88 bits per heavy atom. The molecule has 1 saturated carbocycles. The number of aryl methyl sites for hydroxylation is 2. The van der Waals surface area contributed by atoms with Crippen molar-refractivity contribution in [3.8, 4) is 5.00 Å². The van der Waals surface area contributed by atoms with Crippen LogP contribution in [0.3, 0.4) is 0 Å². The molecule has 1 atom stereocenters. The number of nitrogens with zero attached hydrogens (tertiary/aromatic N) is 4. The van der Waals surface area contributed by atoms with Crippen molar-refractivity contribution in [1.82, 2.24) is 20.1 Å². The Hall–Kier alpha value is -2.51. The molecule has 1 aliphatic heterocycles. The van der Waals surface area contributed by atoms with Crippen molar-refractivity contribution in [3.05, 3.63) is 62.5 Å². The maximum Gasteiger partial charge on any atom is 0.222 e. The molecule has 1 amide bonds. The summed E-state index contributed by atoms with van der Waals surface area (Å²) in [5, 5.41) is 13.8. The van der Waals surface area contributed by atoms with Gasteiger partial charge in [-0.3, -0.25) is 14.4 Å². The number of carbonyl (C=O) groups excluding carboxylic acids is 1. The zero-order valence-corrected chi connectivity index (χ0v) is 20.1. The summed E-state index contributed by atoms with van der Waals surface area (Å²) in [4.78, 5) is 19.3. The molecule has 166 valence electrons. The molecular formula is C24H26ClN5OS. The second kappa shape index (κ2) is 8.45. The van der Waals surface area contributed by atoms with Crippen LogP contribution < -0.4 is 5.32 Å². The topological polar surface area (TPSA) is 72.2 Å². The lowest BCUT2D eigenvalue weighted by molar-refractivity contribution is -0.122. The second-order valence-electron chi connectivity index (χ2n) is 8.66. The summed E-state index contributed by atoms with van der Waals surface area (Å²) in [5.74, 6) is 1.54. The Labute approximate surface area is 196 Å². The summed E-state index contributed by atoms with van der Waals surface area (Å²) < 4.78 is 2.08. The van der Waals surface area contributed by atoms with Crippen molar-refractivity contribution in [1.29, 1.82) is 0 Å². The predicted molar refractivity (Wildman–Crippen MR) is 128 cm³/mol. The van der Waals surface area contributed by atoms with E-state index in [-0.39, 0.29) is 18.4 Å². The van der Waals surface area contributed by atoms with Gasteiger partial charge in [0.05, 0.1) is 12.1 Å². The first kappa shape index (κ1) is 21.3. The first-order valence-electron chi connectivity index (χ1n) is 11.1. The predicted octanol–water partition coefficient (Wildman–Crippen LogP) is 5.25. The van der Waals surface area contributed by atoms with Gasteiger partial charge in [-0.05, 0) is 51.3 Å². The molecule has 6 nitrogen and oxygen atoms in total. The van der Waals surface area contributed by atoms with Gasteiger partial charge < -0.3 is 5.32 Å². The van der Waals surface area contributed by atoms with E-state index in [1.807, 2.05) is 31.2 Å². The molecule has 0 bridgehead atoms. The fourth-order valence-corrected chi connectivity index (χ4v) is 6.00. The van der Waals surface area contributed by atoms with Crippen molar-refractivity contribution in [2.24, 2.45) is 4.99 Å². The molecule has 0 radical (unpaired) electrons. The van der Waals surface area contributed by atoms with Crippen LogP contribution in [0, 0.1) is 20.8 Å². The molecule has 5 rings (SSSR count). The largest absolute Gasteiger partial charge is 0.353 e. The van der Waals surface area contributed by atoms with Crippen LogP contribution in [-0.2, 0) is 4.79 Å². The molecule has 0 unspecified atom stereocenters. The number of nitrogens with one attached hydrogen (secondary N) is 1. The molecule has 3 heterocycles. The number of amides is 1. The Morgan fingerprint density at radius 1 is 1.16 bits per heavy atom. The Bertz CT molecular complexity index is 1200. The first-order chi connectivity index (χ1) is 15.4. The molecule has 1 aliphatic carbocycles. The van der Waals surface area contributed by atoms with Gasteiger partial charge in [-0.15, -0.1) is 21.5 Å². The maximum atomic E-state index is 13.0. The highest BCUT2D eigenvalue weighted by molar-refractivity contribution is 7.15. The van der Waals surface area contributed by atoms with Crippen LogP contribution in [0.25, 0.3) is 5.00 Å². The molecule has 8 heteroatoms. The normalized spacial score (nSPS) is 18.1. The molecule has 0 saturated heterocycles. The van der Waals surface area contributed by atoms with Crippen LogP contribution in [-0.4, -0.2) is 32.4 Å². The fourth-order valence-electron chi connectivity index (χ4n) is 4.66. The summed E-state index contributed by atoms with van der Waals surface area (Å²) in [6, 6.07) is 7.61. The molecule has 32 heavy (non-hydrogen) atoms. The van der Waals surface area contributed by atoms with E-state index in [9.17, 15) is 4.79 Å². The highest BCUT2D eigenvalue weighted by Crippen LogP contribution is 2.39.